The molecule has 0 unspecified atom stereocenters. The average molecular weight is 392 g/mol. The number of anilines is 3. The van der Waals surface area contributed by atoms with E-state index in [4.69, 9.17) is 0 Å². The first-order valence-corrected chi connectivity index (χ1v) is 9.63. The Morgan fingerprint density at radius 1 is 0.643 bits per heavy atom. The van der Waals surface area contributed by atoms with Crippen LogP contribution in [0, 0.1) is 0 Å². The van der Waals surface area contributed by atoms with Crippen LogP contribution in [0.4, 0.5) is 30.6 Å². The summed E-state index contributed by atoms with van der Waals surface area (Å²) in [6.45, 7) is 4.55. The highest BCUT2D eigenvalue weighted by Gasteiger charge is 2.33. The maximum Gasteiger partial charge on any atom is 0.433 e. The Balaban J connectivity index is 1.37. The Kier molecular flexibility index (Phi) is 5.23. The number of hydrogen-bond donors (Lipinski definition) is 0. The molecule has 0 atom stereocenters. The fourth-order valence-electron chi connectivity index (χ4n) is 3.70. The maximum atomic E-state index is 12.9. The molecule has 0 aromatic carbocycles. The number of rotatable bonds is 3. The van der Waals surface area contributed by atoms with Crippen molar-refractivity contribution in [3.05, 3.63) is 36.0 Å². The third-order valence-corrected chi connectivity index (χ3v) is 5.27. The summed E-state index contributed by atoms with van der Waals surface area (Å²) in [4.78, 5) is 10.0. The van der Waals surface area contributed by atoms with E-state index >= 15 is 0 Å². The number of aromatic nitrogens is 3. The van der Waals surface area contributed by atoms with Crippen LogP contribution in [0.3, 0.4) is 0 Å². The van der Waals surface area contributed by atoms with Gasteiger partial charge in [-0.3, -0.25) is 0 Å². The van der Waals surface area contributed by atoms with Gasteiger partial charge in [0.05, 0.1) is 0 Å². The Morgan fingerprint density at radius 2 is 1.18 bits per heavy atom. The van der Waals surface area contributed by atoms with Crippen molar-refractivity contribution in [2.45, 2.75) is 25.4 Å². The molecule has 28 heavy (non-hydrogen) atoms. The first kappa shape index (κ1) is 18.8. The number of piperazine rings is 1. The molecule has 2 saturated heterocycles. The van der Waals surface area contributed by atoms with Crippen molar-refractivity contribution in [3.8, 4) is 0 Å². The zero-order chi connectivity index (χ0) is 19.6. The lowest BCUT2D eigenvalue weighted by Gasteiger charge is -2.36. The molecule has 0 spiro atoms. The third-order valence-electron chi connectivity index (χ3n) is 5.27. The van der Waals surface area contributed by atoms with Crippen LogP contribution < -0.4 is 14.7 Å². The van der Waals surface area contributed by atoms with Gasteiger partial charge in [0.25, 0.3) is 0 Å². The fourth-order valence-corrected chi connectivity index (χ4v) is 3.70. The highest BCUT2D eigenvalue weighted by Crippen LogP contribution is 2.29. The second-order valence-electron chi connectivity index (χ2n) is 7.15. The largest absolute Gasteiger partial charge is 0.433 e. The minimum absolute atomic E-state index is 0.362. The van der Waals surface area contributed by atoms with Gasteiger partial charge in [-0.25, -0.2) is 4.98 Å². The molecule has 2 aromatic rings. The highest BCUT2D eigenvalue weighted by molar-refractivity contribution is 5.48. The van der Waals surface area contributed by atoms with Crippen LogP contribution in [-0.4, -0.2) is 54.4 Å². The quantitative estimate of drug-likeness (QED) is 0.800. The normalized spacial score (nSPS) is 18.5. The molecule has 0 radical (unpaired) electrons. The lowest BCUT2D eigenvalue weighted by Crippen LogP contribution is -2.47. The van der Waals surface area contributed by atoms with Crippen LogP contribution in [0.2, 0.25) is 0 Å². The minimum atomic E-state index is -4.43. The Labute approximate surface area is 162 Å². The van der Waals surface area contributed by atoms with E-state index < -0.39 is 11.9 Å². The summed E-state index contributed by atoms with van der Waals surface area (Å²) in [6, 6.07) is 8.02. The number of pyridine rings is 1. The second kappa shape index (κ2) is 7.81. The molecule has 2 aliphatic rings. The predicted octanol–water partition coefficient (Wildman–Crippen LogP) is 3.21. The maximum absolute atomic E-state index is 12.9. The van der Waals surface area contributed by atoms with E-state index in [0.717, 1.165) is 30.8 Å². The van der Waals surface area contributed by atoms with Crippen molar-refractivity contribution in [1.29, 1.82) is 0 Å². The minimum Gasteiger partial charge on any atom is -0.355 e. The van der Waals surface area contributed by atoms with Gasteiger partial charge in [-0.1, -0.05) is 6.07 Å². The van der Waals surface area contributed by atoms with Crippen molar-refractivity contribution in [2.75, 3.05) is 54.0 Å². The number of halogens is 3. The molecule has 2 aromatic heterocycles. The lowest BCUT2D eigenvalue weighted by atomic mass is 10.1. The first-order valence-electron chi connectivity index (χ1n) is 9.63. The molecule has 0 N–H and O–H groups in total. The van der Waals surface area contributed by atoms with Gasteiger partial charge in [0, 0.05) is 39.3 Å². The molecule has 0 amide bonds. The molecule has 150 valence electrons. The van der Waals surface area contributed by atoms with Crippen molar-refractivity contribution in [1.82, 2.24) is 15.2 Å². The van der Waals surface area contributed by atoms with E-state index in [2.05, 4.69) is 25.0 Å². The molecule has 6 nitrogen and oxygen atoms in total. The van der Waals surface area contributed by atoms with Gasteiger partial charge in [-0.05, 0) is 43.5 Å². The number of alkyl halides is 3. The van der Waals surface area contributed by atoms with E-state index in [1.807, 2.05) is 17.0 Å². The van der Waals surface area contributed by atoms with Crippen LogP contribution in [-0.2, 0) is 6.18 Å². The number of nitrogens with zero attached hydrogens (tertiary/aromatic N) is 6. The van der Waals surface area contributed by atoms with Gasteiger partial charge in [0.15, 0.2) is 11.6 Å². The SMILES string of the molecule is FC(F)(F)c1cccc(N2CCN(c3ccc(N4CCCCC4)nn3)CC2)n1. The molecule has 0 bridgehead atoms. The zero-order valence-electron chi connectivity index (χ0n) is 15.6. The monoisotopic (exact) mass is 392 g/mol. The van der Waals surface area contributed by atoms with Gasteiger partial charge >= 0.3 is 6.18 Å². The van der Waals surface area contributed by atoms with Gasteiger partial charge in [0.2, 0.25) is 0 Å². The van der Waals surface area contributed by atoms with Crippen molar-refractivity contribution in [2.24, 2.45) is 0 Å². The summed E-state index contributed by atoms with van der Waals surface area (Å²) in [5, 5.41) is 8.75. The van der Waals surface area contributed by atoms with Crippen LogP contribution in [0.25, 0.3) is 0 Å². The molecule has 2 aliphatic heterocycles. The summed E-state index contributed by atoms with van der Waals surface area (Å²) < 4.78 is 38.6. The van der Waals surface area contributed by atoms with Crippen molar-refractivity contribution in [3.63, 3.8) is 0 Å². The van der Waals surface area contributed by atoms with Crippen LogP contribution in [0.15, 0.2) is 30.3 Å². The van der Waals surface area contributed by atoms with Crippen molar-refractivity contribution >= 4 is 17.5 Å². The molecule has 4 rings (SSSR count). The fraction of sp³-hybridized carbons (Fsp3) is 0.526. The predicted molar refractivity (Wildman–Crippen MR) is 102 cm³/mol. The van der Waals surface area contributed by atoms with Crippen LogP contribution >= 0.6 is 0 Å². The molecular weight excluding hydrogens is 369 g/mol. The standard InChI is InChI=1S/C19H23F3N6/c20-19(21,22)15-5-4-6-16(23-15)27-11-13-28(14-12-27)18-8-7-17(24-25-18)26-9-2-1-3-10-26/h4-8H,1-3,9-14H2. The van der Waals surface area contributed by atoms with E-state index in [1.54, 1.807) is 6.07 Å². The number of piperidine rings is 1. The number of hydrogen-bond acceptors (Lipinski definition) is 6. The van der Waals surface area contributed by atoms with Gasteiger partial charge < -0.3 is 14.7 Å². The molecule has 9 heteroatoms. The molecule has 0 aliphatic carbocycles. The van der Waals surface area contributed by atoms with Crippen molar-refractivity contribution < 1.29 is 13.2 Å². The second-order valence-corrected chi connectivity index (χ2v) is 7.15. The molecule has 4 heterocycles. The Bertz CT molecular complexity index is 781. The molecule has 2 fully saturated rings. The van der Waals surface area contributed by atoms with Gasteiger partial charge in [-0.15, -0.1) is 10.2 Å². The molecular formula is C19H23F3N6. The topological polar surface area (TPSA) is 48.4 Å². The lowest BCUT2D eigenvalue weighted by molar-refractivity contribution is -0.141. The summed E-state index contributed by atoms with van der Waals surface area (Å²) in [6.07, 6.45) is -0.777. The van der Waals surface area contributed by atoms with E-state index in [1.165, 1.54) is 25.3 Å². The average Bonchev–Trinajstić information content (AvgIpc) is 2.74. The van der Waals surface area contributed by atoms with Gasteiger partial charge in [0.1, 0.15) is 11.5 Å². The van der Waals surface area contributed by atoms with E-state index in [9.17, 15) is 13.2 Å². The molecule has 0 saturated carbocycles. The van der Waals surface area contributed by atoms with E-state index in [-0.39, 0.29) is 0 Å². The third kappa shape index (κ3) is 4.13. The summed E-state index contributed by atoms with van der Waals surface area (Å²) in [7, 11) is 0. The van der Waals surface area contributed by atoms with Gasteiger partial charge in [-0.2, -0.15) is 13.2 Å². The van der Waals surface area contributed by atoms with Crippen LogP contribution in [0.5, 0.6) is 0 Å². The summed E-state index contributed by atoms with van der Waals surface area (Å²) >= 11 is 0. The Morgan fingerprint density at radius 3 is 1.71 bits per heavy atom. The highest BCUT2D eigenvalue weighted by atomic mass is 19.4. The Hall–Kier alpha value is -2.58. The first-order chi connectivity index (χ1) is 13.5. The van der Waals surface area contributed by atoms with E-state index in [0.29, 0.717) is 32.0 Å². The summed E-state index contributed by atoms with van der Waals surface area (Å²) in [5.74, 6) is 2.08. The zero-order valence-corrected chi connectivity index (χ0v) is 15.6. The smallest absolute Gasteiger partial charge is 0.355 e. The summed E-state index contributed by atoms with van der Waals surface area (Å²) in [5.41, 5.74) is -0.855. The van der Waals surface area contributed by atoms with Crippen LogP contribution in [0.1, 0.15) is 25.0 Å².